The third-order valence-electron chi connectivity index (χ3n) is 3.84. The van der Waals surface area contributed by atoms with E-state index in [4.69, 9.17) is 0 Å². The van der Waals surface area contributed by atoms with Crippen LogP contribution in [-0.2, 0) is 0 Å². The van der Waals surface area contributed by atoms with Gasteiger partial charge in [0.1, 0.15) is 0 Å². The summed E-state index contributed by atoms with van der Waals surface area (Å²) in [6, 6.07) is 14.1. The summed E-state index contributed by atoms with van der Waals surface area (Å²) >= 11 is 0. The van der Waals surface area contributed by atoms with Gasteiger partial charge >= 0.3 is 0 Å². The van der Waals surface area contributed by atoms with Crippen molar-refractivity contribution in [2.45, 2.75) is 0 Å². The van der Waals surface area contributed by atoms with Gasteiger partial charge in [-0.2, -0.15) is 0 Å². The van der Waals surface area contributed by atoms with Crippen molar-refractivity contribution in [1.82, 2.24) is 9.88 Å². The summed E-state index contributed by atoms with van der Waals surface area (Å²) in [5, 5.41) is 0. The number of pyridine rings is 1. The molecule has 0 radical (unpaired) electrons. The first-order valence-corrected chi connectivity index (χ1v) is 7.28. The normalized spacial score (nSPS) is 15.9. The number of rotatable bonds is 4. The lowest BCUT2D eigenvalue weighted by atomic mass is 10.1. The van der Waals surface area contributed by atoms with E-state index in [0.717, 1.165) is 26.2 Å². The number of carbonyl (C=O) groups excluding carboxylic acids is 1. The summed E-state index contributed by atoms with van der Waals surface area (Å²) in [7, 11) is 0. The molecule has 4 nitrogen and oxygen atoms in total. The Morgan fingerprint density at radius 2 is 1.76 bits per heavy atom. The van der Waals surface area contributed by atoms with Gasteiger partial charge in [-0.1, -0.05) is 18.2 Å². The standard InChI is InChI=1S/C17H19N3O/c21-17(15-5-4-8-18-13-15)14-19-9-11-20(12-10-19)16-6-2-1-3-7-16/h1-8,13H,9-12,14H2. The third kappa shape index (κ3) is 3.47. The molecule has 0 unspecified atom stereocenters. The van der Waals surface area contributed by atoms with Gasteiger partial charge in [0, 0.05) is 49.8 Å². The number of nitrogens with zero attached hydrogens (tertiary/aromatic N) is 3. The van der Waals surface area contributed by atoms with E-state index in [1.54, 1.807) is 18.5 Å². The Morgan fingerprint density at radius 1 is 1.00 bits per heavy atom. The first kappa shape index (κ1) is 13.8. The number of para-hydroxylation sites is 1. The van der Waals surface area contributed by atoms with E-state index in [1.807, 2.05) is 12.1 Å². The van der Waals surface area contributed by atoms with Crippen LogP contribution < -0.4 is 4.90 Å². The molecule has 0 saturated carbocycles. The van der Waals surface area contributed by atoms with Crippen molar-refractivity contribution in [3.8, 4) is 0 Å². The topological polar surface area (TPSA) is 36.4 Å². The van der Waals surface area contributed by atoms with E-state index in [2.05, 4.69) is 39.0 Å². The lowest BCUT2D eigenvalue weighted by molar-refractivity contribution is 0.0926. The Morgan fingerprint density at radius 3 is 2.43 bits per heavy atom. The fourth-order valence-electron chi connectivity index (χ4n) is 2.63. The van der Waals surface area contributed by atoms with Crippen LogP contribution in [0.2, 0.25) is 0 Å². The number of anilines is 1. The second-order valence-electron chi connectivity index (χ2n) is 5.26. The summed E-state index contributed by atoms with van der Waals surface area (Å²) in [6.07, 6.45) is 3.33. The number of benzene rings is 1. The summed E-state index contributed by atoms with van der Waals surface area (Å²) in [5.41, 5.74) is 1.96. The van der Waals surface area contributed by atoms with Crippen LogP contribution in [0.4, 0.5) is 5.69 Å². The van der Waals surface area contributed by atoms with Crippen molar-refractivity contribution in [1.29, 1.82) is 0 Å². The number of piperazine rings is 1. The van der Waals surface area contributed by atoms with Crippen LogP contribution in [0, 0.1) is 0 Å². The van der Waals surface area contributed by atoms with Crippen molar-refractivity contribution in [2.75, 3.05) is 37.6 Å². The van der Waals surface area contributed by atoms with Gasteiger partial charge in [-0.25, -0.2) is 0 Å². The lowest BCUT2D eigenvalue weighted by Gasteiger charge is -2.35. The van der Waals surface area contributed by atoms with Gasteiger partial charge in [0.2, 0.25) is 0 Å². The molecule has 4 heteroatoms. The second-order valence-corrected chi connectivity index (χ2v) is 5.26. The third-order valence-corrected chi connectivity index (χ3v) is 3.84. The molecule has 21 heavy (non-hydrogen) atoms. The van der Waals surface area contributed by atoms with Crippen LogP contribution in [0.15, 0.2) is 54.9 Å². The zero-order chi connectivity index (χ0) is 14.5. The predicted molar refractivity (Wildman–Crippen MR) is 83.7 cm³/mol. The maximum Gasteiger partial charge on any atom is 0.178 e. The molecule has 0 N–H and O–H groups in total. The number of hydrogen-bond acceptors (Lipinski definition) is 4. The second kappa shape index (κ2) is 6.50. The molecule has 1 aliphatic heterocycles. The first-order chi connectivity index (χ1) is 10.3. The number of aromatic nitrogens is 1. The fourth-order valence-corrected chi connectivity index (χ4v) is 2.63. The molecule has 3 rings (SSSR count). The zero-order valence-corrected chi connectivity index (χ0v) is 12.0. The van der Waals surface area contributed by atoms with E-state index >= 15 is 0 Å². The minimum Gasteiger partial charge on any atom is -0.369 e. The summed E-state index contributed by atoms with van der Waals surface area (Å²) < 4.78 is 0. The van der Waals surface area contributed by atoms with Crippen LogP contribution >= 0.6 is 0 Å². The minimum absolute atomic E-state index is 0.149. The van der Waals surface area contributed by atoms with E-state index < -0.39 is 0 Å². The number of carbonyl (C=O) groups is 1. The molecule has 0 spiro atoms. The van der Waals surface area contributed by atoms with Gasteiger partial charge in [-0.05, 0) is 24.3 Å². The van der Waals surface area contributed by atoms with Crippen LogP contribution in [0.3, 0.4) is 0 Å². The van der Waals surface area contributed by atoms with Gasteiger partial charge in [0.25, 0.3) is 0 Å². The highest BCUT2D eigenvalue weighted by Crippen LogP contribution is 2.15. The summed E-state index contributed by atoms with van der Waals surface area (Å²) in [4.78, 5) is 20.8. The van der Waals surface area contributed by atoms with Crippen molar-refractivity contribution >= 4 is 11.5 Å². The van der Waals surface area contributed by atoms with E-state index in [0.29, 0.717) is 12.1 Å². The quantitative estimate of drug-likeness (QED) is 0.804. The highest BCUT2D eigenvalue weighted by atomic mass is 16.1. The van der Waals surface area contributed by atoms with Crippen LogP contribution in [-0.4, -0.2) is 48.4 Å². The average molecular weight is 281 g/mol. The fraction of sp³-hybridized carbons (Fsp3) is 0.294. The van der Waals surface area contributed by atoms with Gasteiger partial charge in [0.05, 0.1) is 6.54 Å². The molecule has 0 aliphatic carbocycles. The highest BCUT2D eigenvalue weighted by Gasteiger charge is 2.19. The van der Waals surface area contributed by atoms with Crippen LogP contribution in [0.1, 0.15) is 10.4 Å². The van der Waals surface area contributed by atoms with Crippen molar-refractivity contribution in [3.63, 3.8) is 0 Å². The molecular weight excluding hydrogens is 262 g/mol. The Balaban J connectivity index is 1.53. The van der Waals surface area contributed by atoms with Crippen molar-refractivity contribution in [3.05, 3.63) is 60.4 Å². The molecule has 1 fully saturated rings. The maximum absolute atomic E-state index is 12.2. The van der Waals surface area contributed by atoms with E-state index in [-0.39, 0.29) is 5.78 Å². The van der Waals surface area contributed by atoms with Gasteiger partial charge in [-0.3, -0.25) is 14.7 Å². The SMILES string of the molecule is O=C(CN1CCN(c2ccccc2)CC1)c1cccnc1. The van der Waals surface area contributed by atoms with Crippen molar-refractivity contribution < 1.29 is 4.79 Å². The largest absolute Gasteiger partial charge is 0.369 e. The van der Waals surface area contributed by atoms with Gasteiger partial charge in [-0.15, -0.1) is 0 Å². The molecule has 0 atom stereocenters. The maximum atomic E-state index is 12.2. The molecule has 2 aromatic rings. The zero-order valence-electron chi connectivity index (χ0n) is 12.0. The van der Waals surface area contributed by atoms with Gasteiger partial charge < -0.3 is 4.90 Å². The minimum atomic E-state index is 0.149. The molecule has 1 aliphatic rings. The molecule has 1 aromatic heterocycles. The Kier molecular flexibility index (Phi) is 4.26. The van der Waals surface area contributed by atoms with Gasteiger partial charge in [0.15, 0.2) is 5.78 Å². The van der Waals surface area contributed by atoms with Crippen molar-refractivity contribution in [2.24, 2.45) is 0 Å². The van der Waals surface area contributed by atoms with Crippen LogP contribution in [0.25, 0.3) is 0 Å². The smallest absolute Gasteiger partial charge is 0.178 e. The molecule has 2 heterocycles. The number of Topliss-reactive ketones (excluding diaryl/α,β-unsaturated/α-hetero) is 1. The van der Waals surface area contributed by atoms with Crippen LogP contribution in [0.5, 0.6) is 0 Å². The number of hydrogen-bond donors (Lipinski definition) is 0. The molecule has 0 bridgehead atoms. The number of ketones is 1. The Hall–Kier alpha value is -2.20. The average Bonchev–Trinajstić information content (AvgIpc) is 2.57. The Bertz CT molecular complexity index is 577. The molecular formula is C17H19N3O. The summed E-state index contributed by atoms with van der Waals surface area (Å²) in [6.45, 7) is 4.24. The molecule has 108 valence electrons. The highest BCUT2D eigenvalue weighted by molar-refractivity contribution is 5.97. The first-order valence-electron chi connectivity index (χ1n) is 7.28. The molecule has 1 aromatic carbocycles. The lowest BCUT2D eigenvalue weighted by Crippen LogP contribution is -2.48. The molecule has 0 amide bonds. The van der Waals surface area contributed by atoms with E-state index in [1.165, 1.54) is 5.69 Å². The Labute approximate surface area is 125 Å². The predicted octanol–water partition coefficient (Wildman–Crippen LogP) is 2.09. The molecule has 1 saturated heterocycles. The van der Waals surface area contributed by atoms with E-state index in [9.17, 15) is 4.79 Å². The summed E-state index contributed by atoms with van der Waals surface area (Å²) in [5.74, 6) is 0.149. The monoisotopic (exact) mass is 281 g/mol.